The number of likely N-dealkylation sites (N-methyl/N-ethyl adjacent to an activating group) is 3. The molecular formula is C65H80Cl2N8NaO18S2Tc. The Kier molecular flexibility index (Phi) is 41.3. The molecule has 0 saturated heterocycles. The van der Waals surface area contributed by atoms with Crippen LogP contribution in [-0.4, -0.2) is 190 Å². The second-order valence-electron chi connectivity index (χ2n) is 21.3. The topological polar surface area (TPSA) is 372 Å². The summed E-state index contributed by atoms with van der Waals surface area (Å²) < 4.78 is 37.9. The first-order valence-electron chi connectivity index (χ1n) is 28.8. The van der Waals surface area contributed by atoms with Gasteiger partial charge in [-0.05, 0) is 146 Å². The van der Waals surface area contributed by atoms with Crippen molar-refractivity contribution in [3.05, 3.63) is 140 Å². The number of thioether (sulfide) groups is 2. The maximum absolute atomic E-state index is 13.0. The number of rotatable bonds is 22. The van der Waals surface area contributed by atoms with Crippen LogP contribution in [0.5, 0.6) is 0 Å². The van der Waals surface area contributed by atoms with Crippen LogP contribution in [0.15, 0.2) is 84.9 Å². The van der Waals surface area contributed by atoms with Gasteiger partial charge >= 0.3 is 59.5 Å². The van der Waals surface area contributed by atoms with E-state index in [0.29, 0.717) is 39.8 Å². The van der Waals surface area contributed by atoms with E-state index >= 15 is 0 Å². The van der Waals surface area contributed by atoms with Crippen LogP contribution >= 0.6 is 46.7 Å². The standard InChI is InChI=1S/2C20H18ClNO2.C13H23N3O4S.C11H17N3O5S.CH4O.Na.4O.Tc/c2*1-12-4-9-19-18(10-12)17(11-13(2)23)14(3)22(19)20(24)15-5-7-16(21)8-6-15;1-10(17)6-14(2)11(18)7-15(3)12(19)8-16(4)13(20)9-21-5;1-7(15)3-12-9(17)4-13-10(18)5-14-11(19)6-20-8(2)16;1-2;;;;;;/h2*4-10H,11H2,1-3H3;6-9H2,1-5H3;3-6H2,1-2H3,(H,12,17)(H,13,18)(H,14,19);2H,1H3;;;;;;/q;;;;;+1;;;;-1;. The number of aromatic nitrogens is 2. The molecule has 6 rings (SSSR count). The molecule has 4 N–H and O–H groups in total. The Bertz CT molecular complexity index is 3800. The number of benzene rings is 4. The summed E-state index contributed by atoms with van der Waals surface area (Å²) in [5.41, 5.74) is 8.45. The predicted molar refractivity (Wildman–Crippen MR) is 359 cm³/mol. The van der Waals surface area contributed by atoms with E-state index in [-0.39, 0.29) is 132 Å². The van der Waals surface area contributed by atoms with Crippen molar-refractivity contribution in [2.75, 3.05) is 85.3 Å². The number of fused-ring (bicyclic) bond motifs is 2. The molecule has 0 bridgehead atoms. The molecule has 0 unspecified atom stereocenters. The van der Waals surface area contributed by atoms with Gasteiger partial charge < -0.3 is 35.8 Å². The molecule has 0 saturated carbocycles. The first-order valence-corrected chi connectivity index (χ1v) is 34.9. The Morgan fingerprint density at radius 2 is 0.835 bits per heavy atom. The van der Waals surface area contributed by atoms with Crippen LogP contribution in [0.25, 0.3) is 21.8 Å². The van der Waals surface area contributed by atoms with Crippen molar-refractivity contribution in [1.29, 1.82) is 0 Å². The van der Waals surface area contributed by atoms with Gasteiger partial charge in [-0.1, -0.05) is 58.2 Å². The second-order valence-corrected chi connectivity index (χ2v) is 26.0. The number of carbonyl (C=O) groups is 13. The van der Waals surface area contributed by atoms with Crippen LogP contribution in [0.2, 0.25) is 10.0 Å². The van der Waals surface area contributed by atoms with E-state index in [1.54, 1.807) is 78.6 Å². The van der Waals surface area contributed by atoms with Crippen molar-refractivity contribution in [1.82, 2.24) is 39.8 Å². The van der Waals surface area contributed by atoms with E-state index in [4.69, 9.17) is 42.7 Å². The summed E-state index contributed by atoms with van der Waals surface area (Å²) in [6.45, 7) is 14.2. The van der Waals surface area contributed by atoms with Gasteiger partial charge in [0.15, 0.2) is 5.12 Å². The average molecular weight is 1520 g/mol. The molecule has 0 aliphatic heterocycles. The third kappa shape index (κ3) is 33.2. The van der Waals surface area contributed by atoms with Gasteiger partial charge in [0.25, 0.3) is 11.8 Å². The van der Waals surface area contributed by atoms with Gasteiger partial charge in [0.05, 0.1) is 61.8 Å². The van der Waals surface area contributed by atoms with E-state index in [1.165, 1.54) is 61.3 Å². The molecule has 4 aromatic carbocycles. The zero-order valence-electron chi connectivity index (χ0n) is 56.7. The second kappa shape index (κ2) is 44.6. The first kappa shape index (κ1) is 89.7. The summed E-state index contributed by atoms with van der Waals surface area (Å²) in [6.07, 6.45) is 2.46. The Morgan fingerprint density at radius 3 is 1.16 bits per heavy atom. The summed E-state index contributed by atoms with van der Waals surface area (Å²) in [6, 6.07) is 25.6. The Morgan fingerprint density at radius 1 is 0.495 bits per heavy atom. The number of carbonyl (C=O) groups excluding carboxylic acids is 13. The molecule has 0 fully saturated rings. The monoisotopic (exact) mass is 1510 g/mol. The fraction of sp³-hybridized carbons (Fsp3) is 0.369. The number of aliphatic hydroxyl groups is 1. The molecule has 26 nitrogen and oxygen atoms in total. The van der Waals surface area contributed by atoms with Crippen LogP contribution in [-0.2, 0) is 91.6 Å². The summed E-state index contributed by atoms with van der Waals surface area (Å²) in [7, 11) is 5.55. The van der Waals surface area contributed by atoms with E-state index < -0.39 is 33.2 Å². The van der Waals surface area contributed by atoms with Gasteiger partial charge in [0.2, 0.25) is 35.4 Å². The molecule has 522 valence electrons. The van der Waals surface area contributed by atoms with Crippen LogP contribution < -0.4 is 49.4 Å². The van der Waals surface area contributed by atoms with Crippen molar-refractivity contribution in [3.8, 4) is 0 Å². The number of hydrogen-bond acceptors (Lipinski definition) is 20. The minimum absolute atomic E-state index is 0. The zero-order chi connectivity index (χ0) is 73.5. The Hall–Kier alpha value is -7.28. The van der Waals surface area contributed by atoms with Gasteiger partial charge in [0, 0.05) is 91.4 Å². The Labute approximate surface area is 606 Å². The van der Waals surface area contributed by atoms with Gasteiger partial charge in [-0.15, -0.1) is 0 Å². The number of ketones is 4. The molecule has 2 heterocycles. The van der Waals surface area contributed by atoms with Gasteiger partial charge in [-0.25, -0.2) is 0 Å². The number of nitrogens with zero attached hydrogens (tertiary/aromatic N) is 5. The van der Waals surface area contributed by atoms with Crippen LogP contribution in [0.1, 0.15) is 89.0 Å². The van der Waals surface area contributed by atoms with Crippen molar-refractivity contribution in [2.24, 2.45) is 0 Å². The molecule has 6 aromatic rings. The normalized spacial score (nSPS) is 10.2. The Balaban J connectivity index is 0.00000123. The predicted octanol–water partition coefficient (Wildman–Crippen LogP) is 2.04. The molecule has 0 atom stereocenters. The van der Waals surface area contributed by atoms with Crippen molar-refractivity contribution >= 4 is 144 Å². The third-order valence-corrected chi connectivity index (χ3v) is 14.9. The number of halogens is 2. The van der Waals surface area contributed by atoms with Crippen molar-refractivity contribution < 1.29 is 127 Å². The third-order valence-electron chi connectivity index (χ3n) is 13.0. The van der Waals surface area contributed by atoms with E-state index in [0.717, 1.165) is 74.3 Å². The first-order chi connectivity index (χ1) is 44.8. The van der Waals surface area contributed by atoms with Gasteiger partial charge in [-0.3, -0.25) is 71.5 Å². The molecule has 97 heavy (non-hydrogen) atoms. The van der Waals surface area contributed by atoms with Crippen LogP contribution in [0.4, 0.5) is 0 Å². The molecule has 2 aromatic heterocycles. The van der Waals surface area contributed by atoms with Gasteiger partial charge in [0.1, 0.15) is 23.1 Å². The number of aryl methyl sites for hydroxylation is 2. The van der Waals surface area contributed by atoms with E-state index in [2.05, 4.69) is 16.0 Å². The zero-order valence-corrected chi connectivity index (χ0v) is 63.7. The molecule has 0 radical (unpaired) electrons. The summed E-state index contributed by atoms with van der Waals surface area (Å²) >= 11 is 8.11. The maximum atomic E-state index is 13.0. The molecule has 6 amide bonds. The number of nitrogens with one attached hydrogen (secondary N) is 3. The number of amides is 6. The van der Waals surface area contributed by atoms with Gasteiger partial charge in [-0.2, -0.15) is 11.8 Å². The number of hydrogen-bond donors (Lipinski definition) is 4. The van der Waals surface area contributed by atoms with Crippen LogP contribution in [0.3, 0.4) is 0 Å². The molecule has 0 aliphatic rings. The number of Topliss-reactive ketones (excluding diaryl/α,β-unsaturated/α-hetero) is 4. The summed E-state index contributed by atoms with van der Waals surface area (Å²) in [5.74, 6) is -2.38. The van der Waals surface area contributed by atoms with Crippen molar-refractivity contribution in [2.45, 2.75) is 75.2 Å². The fourth-order valence-electron chi connectivity index (χ4n) is 8.51. The van der Waals surface area contributed by atoms with E-state index in [9.17, 15) is 62.3 Å². The number of aliphatic hydroxyl groups excluding tert-OH is 1. The SMILES string of the molecule is CC(=O)CNC(=O)CNC(=O)CNC(=O)CSC(C)=O.CC(=O)Cc1c(C)n(C(=O)c2ccc(Cl)cc2)c2ccc(C)cc12.CC(=O)Cc1c(C)n(C(=O)c2ccc(Cl)cc2)c2ccc(C)cc12.CO.CSCC(=O)N(C)CC(=O)N(C)CC(=O)N(C)CC(C)=O.[Na+].[O]=[Tc](=[O])(=[O])[O-]. The molecule has 32 heteroatoms. The fourth-order valence-corrected chi connectivity index (χ4v) is 9.66. The van der Waals surface area contributed by atoms with E-state index in [1.807, 2.05) is 70.3 Å². The quantitative estimate of drug-likeness (QED) is 0.0707. The minimum atomic E-state index is -5.94. The molecule has 0 spiro atoms. The summed E-state index contributed by atoms with van der Waals surface area (Å²) in [5, 5.41) is 16.8. The summed E-state index contributed by atoms with van der Waals surface area (Å²) in [4.78, 5) is 154. The van der Waals surface area contributed by atoms with Crippen molar-refractivity contribution in [3.63, 3.8) is 0 Å². The molecule has 0 aliphatic carbocycles. The van der Waals surface area contributed by atoms with Crippen LogP contribution in [0, 0.1) is 27.7 Å². The molecular weight excluding hydrogens is 1440 g/mol. The average Bonchev–Trinajstić information content (AvgIpc) is 1.62.